The molecule has 4 nitrogen and oxygen atoms in total. The van der Waals surface area contributed by atoms with E-state index in [1.807, 2.05) is 0 Å². The Hall–Kier alpha value is -1.58. The highest BCUT2D eigenvalue weighted by Gasteiger charge is 2.72. The second kappa shape index (κ2) is 6.62. The van der Waals surface area contributed by atoms with Crippen LogP contribution >= 0.6 is 23.2 Å². The Bertz CT molecular complexity index is 938. The summed E-state index contributed by atoms with van der Waals surface area (Å²) in [6, 6.07) is 15.1. The Balaban J connectivity index is 2.09. The average Bonchev–Trinajstić information content (AvgIpc) is 3.26. The SMILES string of the molecule is COC[C@]1(C#N)[C@H](c2cccc(Cl)c2)[C@@H]1S(=O)(=O)c1ccc(Cl)cc1. The summed E-state index contributed by atoms with van der Waals surface area (Å²) in [6.45, 7) is 0.0260. The van der Waals surface area contributed by atoms with Crippen LogP contribution in [0.2, 0.25) is 10.0 Å². The molecule has 25 heavy (non-hydrogen) atoms. The fourth-order valence-electron chi connectivity index (χ4n) is 3.38. The number of nitrogens with zero attached hydrogens (tertiary/aromatic N) is 1. The Labute approximate surface area is 156 Å². The third-order valence-corrected chi connectivity index (χ3v) is 7.31. The van der Waals surface area contributed by atoms with E-state index in [1.54, 1.807) is 24.3 Å². The van der Waals surface area contributed by atoms with E-state index in [1.165, 1.54) is 31.4 Å². The van der Waals surface area contributed by atoms with Gasteiger partial charge in [-0.15, -0.1) is 0 Å². The van der Waals surface area contributed by atoms with Gasteiger partial charge in [-0.3, -0.25) is 0 Å². The van der Waals surface area contributed by atoms with Crippen molar-refractivity contribution in [1.29, 1.82) is 5.26 Å². The Morgan fingerprint density at radius 3 is 2.40 bits per heavy atom. The van der Waals surface area contributed by atoms with Crippen molar-refractivity contribution in [3.05, 3.63) is 64.1 Å². The maximum absolute atomic E-state index is 13.1. The lowest BCUT2D eigenvalue weighted by molar-refractivity contribution is 0.162. The molecule has 1 fully saturated rings. The van der Waals surface area contributed by atoms with Gasteiger partial charge in [-0.25, -0.2) is 8.42 Å². The third kappa shape index (κ3) is 3.04. The van der Waals surface area contributed by atoms with E-state index in [-0.39, 0.29) is 11.5 Å². The maximum Gasteiger partial charge on any atom is 0.183 e. The first kappa shape index (κ1) is 18.2. The lowest BCUT2D eigenvalue weighted by atomic mass is 10.0. The summed E-state index contributed by atoms with van der Waals surface area (Å²) < 4.78 is 31.5. The summed E-state index contributed by atoms with van der Waals surface area (Å²) in [5.41, 5.74) is -0.425. The van der Waals surface area contributed by atoms with Crippen molar-refractivity contribution in [3.63, 3.8) is 0 Å². The largest absolute Gasteiger partial charge is 0.383 e. The van der Waals surface area contributed by atoms with E-state index in [9.17, 15) is 13.7 Å². The Kier molecular flexibility index (Phi) is 4.82. The molecular weight excluding hydrogens is 381 g/mol. The number of rotatable bonds is 5. The zero-order chi connectivity index (χ0) is 18.2. The number of methoxy groups -OCH3 is 1. The molecule has 0 unspecified atom stereocenters. The van der Waals surface area contributed by atoms with E-state index >= 15 is 0 Å². The molecule has 1 aliphatic rings. The number of hydrogen-bond donors (Lipinski definition) is 0. The molecular formula is C18H15Cl2NO3S. The van der Waals surface area contributed by atoms with Gasteiger partial charge in [0.2, 0.25) is 0 Å². The minimum absolute atomic E-state index is 0.0260. The van der Waals surface area contributed by atoms with Crippen LogP contribution < -0.4 is 0 Å². The first-order valence-corrected chi connectivity index (χ1v) is 9.82. The highest BCUT2D eigenvalue weighted by Crippen LogP contribution is 2.64. The molecule has 130 valence electrons. The molecule has 0 heterocycles. The molecule has 0 aromatic heterocycles. The molecule has 0 spiro atoms. The molecule has 0 saturated heterocycles. The van der Waals surface area contributed by atoms with Gasteiger partial charge in [0.1, 0.15) is 5.41 Å². The first-order chi connectivity index (χ1) is 11.9. The van der Waals surface area contributed by atoms with Crippen molar-refractivity contribution in [2.45, 2.75) is 16.1 Å². The monoisotopic (exact) mass is 395 g/mol. The lowest BCUT2D eigenvalue weighted by Crippen LogP contribution is -2.19. The summed E-state index contributed by atoms with van der Waals surface area (Å²) in [7, 11) is -2.28. The molecule has 0 N–H and O–H groups in total. The molecule has 0 amide bonds. The van der Waals surface area contributed by atoms with Gasteiger partial charge in [-0.1, -0.05) is 35.3 Å². The summed E-state index contributed by atoms with van der Waals surface area (Å²) in [5.74, 6) is -0.503. The summed E-state index contributed by atoms with van der Waals surface area (Å²) >= 11 is 11.9. The van der Waals surface area contributed by atoms with Gasteiger partial charge in [0.05, 0.1) is 22.8 Å². The van der Waals surface area contributed by atoms with Crippen molar-refractivity contribution >= 4 is 33.0 Å². The van der Waals surface area contributed by atoms with Crippen LogP contribution in [0.4, 0.5) is 0 Å². The molecule has 2 aromatic rings. The van der Waals surface area contributed by atoms with E-state index in [0.717, 1.165) is 0 Å². The normalized spacial score (nSPS) is 25.4. The maximum atomic E-state index is 13.1. The molecule has 0 radical (unpaired) electrons. The Morgan fingerprint density at radius 1 is 1.16 bits per heavy atom. The van der Waals surface area contributed by atoms with E-state index < -0.39 is 26.4 Å². The number of benzene rings is 2. The molecule has 7 heteroatoms. The summed E-state index contributed by atoms with van der Waals surface area (Å²) in [5, 5.41) is 9.81. The fraction of sp³-hybridized carbons (Fsp3) is 0.278. The summed E-state index contributed by atoms with van der Waals surface area (Å²) in [4.78, 5) is 0.141. The van der Waals surface area contributed by atoms with Crippen LogP contribution in [0.25, 0.3) is 0 Å². The van der Waals surface area contributed by atoms with E-state index in [0.29, 0.717) is 15.6 Å². The quantitative estimate of drug-likeness (QED) is 0.764. The highest BCUT2D eigenvalue weighted by molar-refractivity contribution is 7.92. The second-order valence-corrected chi connectivity index (χ2v) is 8.98. The Morgan fingerprint density at radius 2 is 1.84 bits per heavy atom. The standard InChI is InChI=1S/C18H15Cl2NO3S/c1-24-11-18(10-21)16(12-3-2-4-14(20)9-12)17(18)25(22,23)15-7-5-13(19)6-8-15/h2-9,16-17H,11H2,1H3/t16-,17+,18-/m1/s1. The van der Waals surface area contributed by atoms with Crippen molar-refractivity contribution in [3.8, 4) is 6.07 Å². The van der Waals surface area contributed by atoms with Crippen molar-refractivity contribution < 1.29 is 13.2 Å². The number of ether oxygens (including phenoxy) is 1. The van der Waals surface area contributed by atoms with Gasteiger partial charge in [0.15, 0.2) is 9.84 Å². The fourth-order valence-corrected chi connectivity index (χ4v) is 6.01. The zero-order valence-corrected chi connectivity index (χ0v) is 15.6. The molecule has 3 rings (SSSR count). The molecule has 0 aliphatic heterocycles. The predicted molar refractivity (Wildman–Crippen MR) is 96.5 cm³/mol. The van der Waals surface area contributed by atoms with Crippen molar-refractivity contribution in [2.24, 2.45) is 5.41 Å². The smallest absolute Gasteiger partial charge is 0.183 e. The van der Waals surface area contributed by atoms with Gasteiger partial charge in [0, 0.05) is 23.1 Å². The first-order valence-electron chi connectivity index (χ1n) is 7.52. The number of halogens is 2. The molecule has 1 saturated carbocycles. The minimum atomic E-state index is -3.74. The van der Waals surface area contributed by atoms with Gasteiger partial charge in [-0.05, 0) is 42.0 Å². The van der Waals surface area contributed by atoms with Gasteiger partial charge in [-0.2, -0.15) is 5.26 Å². The van der Waals surface area contributed by atoms with Crippen LogP contribution in [-0.4, -0.2) is 27.4 Å². The van der Waals surface area contributed by atoms with Crippen LogP contribution in [-0.2, 0) is 14.6 Å². The molecule has 3 atom stereocenters. The second-order valence-electron chi connectivity index (χ2n) is 6.04. The van der Waals surface area contributed by atoms with Gasteiger partial charge >= 0.3 is 0 Å². The van der Waals surface area contributed by atoms with Crippen LogP contribution in [0.5, 0.6) is 0 Å². The van der Waals surface area contributed by atoms with E-state index in [2.05, 4.69) is 6.07 Å². The third-order valence-electron chi connectivity index (χ3n) is 4.53. The van der Waals surface area contributed by atoms with Crippen molar-refractivity contribution in [1.82, 2.24) is 0 Å². The average molecular weight is 396 g/mol. The van der Waals surface area contributed by atoms with Crippen LogP contribution in [0, 0.1) is 16.7 Å². The van der Waals surface area contributed by atoms with Crippen molar-refractivity contribution in [2.75, 3.05) is 13.7 Å². The molecule has 0 bridgehead atoms. The molecule has 1 aliphatic carbocycles. The van der Waals surface area contributed by atoms with E-state index in [4.69, 9.17) is 27.9 Å². The van der Waals surface area contributed by atoms with Crippen LogP contribution in [0.3, 0.4) is 0 Å². The predicted octanol–water partition coefficient (Wildman–Crippen LogP) is 4.09. The number of sulfone groups is 1. The minimum Gasteiger partial charge on any atom is -0.383 e. The summed E-state index contributed by atoms with van der Waals surface area (Å²) in [6.07, 6.45) is 0. The van der Waals surface area contributed by atoms with Crippen LogP contribution in [0.15, 0.2) is 53.4 Å². The topological polar surface area (TPSA) is 67.2 Å². The lowest BCUT2D eigenvalue weighted by Gasteiger charge is -2.08. The highest BCUT2D eigenvalue weighted by atomic mass is 35.5. The van der Waals surface area contributed by atoms with Crippen LogP contribution in [0.1, 0.15) is 11.5 Å². The van der Waals surface area contributed by atoms with Gasteiger partial charge in [0.25, 0.3) is 0 Å². The molecule has 2 aromatic carbocycles. The number of hydrogen-bond acceptors (Lipinski definition) is 4. The number of nitriles is 1. The zero-order valence-electron chi connectivity index (χ0n) is 13.3. The van der Waals surface area contributed by atoms with Gasteiger partial charge < -0.3 is 4.74 Å².